The molecule has 4 atom stereocenters. The van der Waals surface area contributed by atoms with Crippen LogP contribution in [0.1, 0.15) is 41.0 Å². The third-order valence-electron chi connectivity index (χ3n) is 9.22. The Bertz CT molecular complexity index is 1470. The molecule has 1 saturated heterocycles. The third-order valence-corrected chi connectivity index (χ3v) is 9.71. The molecule has 7 rings (SSSR count). The molecule has 194 valence electrons. The first-order valence-corrected chi connectivity index (χ1v) is 13.7. The number of carbonyl (C=O) groups is 2. The molecule has 0 radical (unpaired) electrons. The highest BCUT2D eigenvalue weighted by Gasteiger charge is 2.71. The number of carbonyl (C=O) groups excluding carboxylic acids is 2. The van der Waals surface area contributed by atoms with Crippen LogP contribution in [-0.4, -0.2) is 44.1 Å². The highest BCUT2D eigenvalue weighted by molar-refractivity contribution is 9.10. The Morgan fingerprint density at radius 3 is 2.55 bits per heavy atom. The van der Waals surface area contributed by atoms with Gasteiger partial charge < -0.3 is 14.4 Å². The molecule has 2 fully saturated rings. The molecule has 1 aliphatic heterocycles. The fraction of sp³-hybridized carbons (Fsp3) is 0.312. The van der Waals surface area contributed by atoms with Gasteiger partial charge in [-0.05, 0) is 47.7 Å². The minimum absolute atomic E-state index is 0.0255. The van der Waals surface area contributed by atoms with Crippen LogP contribution in [0.5, 0.6) is 5.75 Å². The first-order valence-electron chi connectivity index (χ1n) is 12.9. The molecule has 6 heteroatoms. The average molecular weight is 572 g/mol. The van der Waals surface area contributed by atoms with Crippen molar-refractivity contribution in [3.8, 4) is 5.75 Å². The van der Waals surface area contributed by atoms with Crippen molar-refractivity contribution in [3.63, 3.8) is 0 Å². The lowest BCUT2D eigenvalue weighted by Crippen LogP contribution is -2.60. The van der Waals surface area contributed by atoms with Crippen LogP contribution >= 0.6 is 15.9 Å². The van der Waals surface area contributed by atoms with Crippen molar-refractivity contribution in [2.45, 2.75) is 24.2 Å². The van der Waals surface area contributed by atoms with E-state index < -0.39 is 10.8 Å². The van der Waals surface area contributed by atoms with Crippen LogP contribution in [0.4, 0.5) is 0 Å². The van der Waals surface area contributed by atoms with E-state index in [1.807, 2.05) is 35.2 Å². The Balaban J connectivity index is 1.51. The van der Waals surface area contributed by atoms with Gasteiger partial charge in [-0.2, -0.15) is 0 Å². The summed E-state index contributed by atoms with van der Waals surface area (Å²) < 4.78 is 12.1. The zero-order valence-corrected chi connectivity index (χ0v) is 23.2. The minimum Gasteiger partial charge on any atom is -0.496 e. The number of hydrogen-bond donors (Lipinski definition) is 0. The zero-order valence-electron chi connectivity index (χ0n) is 21.6. The van der Waals surface area contributed by atoms with Crippen molar-refractivity contribution in [2.24, 2.45) is 11.3 Å². The largest absolute Gasteiger partial charge is 0.496 e. The van der Waals surface area contributed by atoms with Crippen molar-refractivity contribution < 1.29 is 19.1 Å². The number of esters is 1. The normalized spacial score (nSPS) is 26.9. The Morgan fingerprint density at radius 1 is 1.03 bits per heavy atom. The van der Waals surface area contributed by atoms with Gasteiger partial charge in [0.1, 0.15) is 5.75 Å². The van der Waals surface area contributed by atoms with E-state index in [9.17, 15) is 9.59 Å². The predicted molar refractivity (Wildman–Crippen MR) is 150 cm³/mol. The molecule has 3 aromatic carbocycles. The van der Waals surface area contributed by atoms with Gasteiger partial charge in [-0.3, -0.25) is 9.59 Å². The van der Waals surface area contributed by atoms with Crippen molar-refractivity contribution in [2.75, 3.05) is 27.3 Å². The molecule has 4 unspecified atom stereocenters. The van der Waals surface area contributed by atoms with Gasteiger partial charge in [0.2, 0.25) is 0 Å². The van der Waals surface area contributed by atoms with Gasteiger partial charge in [-0.25, -0.2) is 0 Å². The third kappa shape index (κ3) is 3.29. The van der Waals surface area contributed by atoms with Gasteiger partial charge >= 0.3 is 5.97 Å². The SMILES string of the molecule is C=C(C(=O)N1CC2C3(c4cccc(Br)c4)CCC(c4ccccc43)C2(C(=O)OC)C1)c1ccccc1OC. The molecule has 0 N–H and O–H groups in total. The van der Waals surface area contributed by atoms with Crippen LogP contribution in [0.25, 0.3) is 5.57 Å². The maximum Gasteiger partial charge on any atom is 0.314 e. The van der Waals surface area contributed by atoms with E-state index in [-0.39, 0.29) is 23.7 Å². The minimum atomic E-state index is -0.847. The molecule has 1 saturated carbocycles. The second kappa shape index (κ2) is 9.12. The monoisotopic (exact) mass is 571 g/mol. The van der Waals surface area contributed by atoms with Crippen LogP contribution in [-0.2, 0) is 19.7 Å². The Labute approximate surface area is 231 Å². The van der Waals surface area contributed by atoms with E-state index in [0.717, 1.165) is 22.9 Å². The van der Waals surface area contributed by atoms with Gasteiger partial charge in [-0.15, -0.1) is 0 Å². The van der Waals surface area contributed by atoms with Crippen molar-refractivity contribution >= 4 is 33.4 Å². The van der Waals surface area contributed by atoms with Crippen molar-refractivity contribution in [1.29, 1.82) is 0 Å². The predicted octanol–water partition coefficient (Wildman–Crippen LogP) is 5.97. The number of fused-ring (bicyclic) bond motifs is 1. The number of benzene rings is 3. The summed E-state index contributed by atoms with van der Waals surface area (Å²) in [5, 5.41) is 0. The highest BCUT2D eigenvalue weighted by atomic mass is 79.9. The van der Waals surface area contributed by atoms with E-state index in [1.165, 1.54) is 18.2 Å². The van der Waals surface area contributed by atoms with E-state index in [2.05, 4.69) is 65.0 Å². The summed E-state index contributed by atoms with van der Waals surface area (Å²) in [4.78, 5) is 29.8. The molecular formula is C32H30BrNO4. The molecule has 1 amide bonds. The molecule has 3 aliphatic carbocycles. The summed E-state index contributed by atoms with van der Waals surface area (Å²) in [6.45, 7) is 4.91. The smallest absolute Gasteiger partial charge is 0.314 e. The first-order chi connectivity index (χ1) is 18.4. The fourth-order valence-corrected chi connectivity index (χ4v) is 8.15. The maximum absolute atomic E-state index is 14.0. The van der Waals surface area contributed by atoms with Crippen molar-refractivity contribution in [3.05, 3.63) is 106 Å². The van der Waals surface area contributed by atoms with Gasteiger partial charge in [-0.1, -0.05) is 77.1 Å². The average Bonchev–Trinajstić information content (AvgIpc) is 3.40. The van der Waals surface area contributed by atoms with E-state index in [1.54, 1.807) is 7.11 Å². The highest BCUT2D eigenvalue weighted by Crippen LogP contribution is 2.69. The number of halogens is 1. The lowest BCUT2D eigenvalue weighted by atomic mass is 9.42. The van der Waals surface area contributed by atoms with Crippen LogP contribution in [0.3, 0.4) is 0 Å². The number of likely N-dealkylation sites (tertiary alicyclic amines) is 1. The Hall–Kier alpha value is -3.38. The first kappa shape index (κ1) is 24.9. The molecule has 2 bridgehead atoms. The van der Waals surface area contributed by atoms with Gasteiger partial charge in [0, 0.05) is 45.9 Å². The molecular weight excluding hydrogens is 542 g/mol. The summed E-state index contributed by atoms with van der Waals surface area (Å²) >= 11 is 3.68. The quantitative estimate of drug-likeness (QED) is 0.280. The number of para-hydroxylation sites is 1. The Kier molecular flexibility index (Phi) is 5.98. The van der Waals surface area contributed by atoms with Gasteiger partial charge in [0.15, 0.2) is 0 Å². The summed E-state index contributed by atoms with van der Waals surface area (Å²) in [5.74, 6) is 0.0184. The second-order valence-corrected chi connectivity index (χ2v) is 11.5. The van der Waals surface area contributed by atoms with Crippen LogP contribution in [0.2, 0.25) is 0 Å². The molecule has 0 aromatic heterocycles. The van der Waals surface area contributed by atoms with Crippen LogP contribution in [0.15, 0.2) is 83.8 Å². The van der Waals surface area contributed by atoms with E-state index in [0.29, 0.717) is 30.0 Å². The molecule has 38 heavy (non-hydrogen) atoms. The molecule has 1 heterocycles. The summed E-state index contributed by atoms with van der Waals surface area (Å²) in [6.07, 6.45) is 1.76. The lowest BCUT2D eigenvalue weighted by molar-refractivity contribution is -0.161. The van der Waals surface area contributed by atoms with Crippen LogP contribution < -0.4 is 4.74 Å². The van der Waals surface area contributed by atoms with E-state index >= 15 is 0 Å². The number of rotatable bonds is 5. The Morgan fingerprint density at radius 2 is 1.79 bits per heavy atom. The number of nitrogens with zero attached hydrogens (tertiary/aromatic N) is 1. The summed E-state index contributed by atoms with van der Waals surface area (Å²) in [7, 11) is 3.05. The standard InChI is InChI=1S/C32H30BrNO4/c1-20(23-11-5-7-14-27(23)37-2)29(35)34-18-28-31(21-9-8-10-22(33)17-21)16-15-26(24-12-4-6-13-25(24)31)32(28,19-34)30(36)38-3/h4-14,17,26,28H,1,15-16,18-19H2,2-3H3. The lowest BCUT2D eigenvalue weighted by Gasteiger charge is -2.59. The van der Waals surface area contributed by atoms with Crippen molar-refractivity contribution in [1.82, 2.24) is 4.90 Å². The molecule has 3 aromatic rings. The number of ether oxygens (including phenoxy) is 2. The second-order valence-electron chi connectivity index (χ2n) is 10.6. The maximum atomic E-state index is 14.0. The molecule has 0 spiro atoms. The van der Waals surface area contributed by atoms with Gasteiger partial charge in [0.05, 0.1) is 19.6 Å². The molecule has 5 nitrogen and oxygen atoms in total. The van der Waals surface area contributed by atoms with E-state index in [4.69, 9.17) is 9.47 Å². The summed E-state index contributed by atoms with van der Waals surface area (Å²) in [5.41, 5.74) is 3.37. The topological polar surface area (TPSA) is 55.8 Å². The number of methoxy groups -OCH3 is 2. The van der Waals surface area contributed by atoms with Gasteiger partial charge in [0.25, 0.3) is 5.91 Å². The number of hydrogen-bond acceptors (Lipinski definition) is 4. The van der Waals surface area contributed by atoms with Crippen LogP contribution in [0, 0.1) is 11.3 Å². The summed E-state index contributed by atoms with van der Waals surface area (Å²) in [6, 6.07) is 24.3. The molecule has 4 aliphatic rings. The fourth-order valence-electron chi connectivity index (χ4n) is 7.75. The number of amides is 1. The zero-order chi connectivity index (χ0) is 26.7.